The van der Waals surface area contributed by atoms with Crippen LogP contribution in [-0.4, -0.2) is 90.3 Å². The third-order valence-electron chi connectivity index (χ3n) is 6.42. The molecular formula is C22H33N5O4. The Morgan fingerprint density at radius 2 is 1.65 bits per heavy atom. The van der Waals surface area contributed by atoms with Gasteiger partial charge in [0.2, 0.25) is 11.8 Å². The quantitative estimate of drug-likeness (QED) is 0.483. The van der Waals surface area contributed by atoms with Crippen LogP contribution in [0.4, 0.5) is 11.4 Å². The number of anilines is 1. The molecule has 9 nitrogen and oxygen atoms in total. The van der Waals surface area contributed by atoms with Crippen LogP contribution in [0.15, 0.2) is 24.3 Å². The van der Waals surface area contributed by atoms with E-state index in [0.29, 0.717) is 64.3 Å². The summed E-state index contributed by atoms with van der Waals surface area (Å²) in [5.41, 5.74) is 0.743. The molecule has 2 aliphatic rings. The Labute approximate surface area is 183 Å². The van der Waals surface area contributed by atoms with Crippen LogP contribution >= 0.6 is 0 Å². The van der Waals surface area contributed by atoms with Gasteiger partial charge in [0.1, 0.15) is 5.69 Å². The zero-order valence-corrected chi connectivity index (χ0v) is 18.5. The van der Waals surface area contributed by atoms with Crippen molar-refractivity contribution in [3.05, 3.63) is 34.4 Å². The zero-order chi connectivity index (χ0) is 22.4. The average molecular weight is 432 g/mol. The molecule has 0 unspecified atom stereocenters. The van der Waals surface area contributed by atoms with E-state index in [2.05, 4.69) is 4.90 Å². The fourth-order valence-electron chi connectivity index (χ4n) is 4.51. The van der Waals surface area contributed by atoms with Gasteiger partial charge in [0, 0.05) is 64.3 Å². The zero-order valence-electron chi connectivity index (χ0n) is 18.5. The Kier molecular flexibility index (Phi) is 7.84. The largest absolute Gasteiger partial charge is 0.366 e. The molecule has 2 amide bonds. The van der Waals surface area contributed by atoms with Crippen LogP contribution in [0.2, 0.25) is 0 Å². The molecule has 2 fully saturated rings. The van der Waals surface area contributed by atoms with Gasteiger partial charge in [0.25, 0.3) is 5.69 Å². The number of carbonyl (C=O) groups excluding carboxylic acids is 2. The average Bonchev–Trinajstić information content (AvgIpc) is 2.80. The summed E-state index contributed by atoms with van der Waals surface area (Å²) in [5, 5.41) is 11.3. The Morgan fingerprint density at radius 1 is 1.03 bits per heavy atom. The highest BCUT2D eigenvalue weighted by molar-refractivity contribution is 5.80. The number of nitro groups is 1. The Balaban J connectivity index is 1.48. The normalized spacial score (nSPS) is 18.1. The van der Waals surface area contributed by atoms with Crippen molar-refractivity contribution in [3.8, 4) is 0 Å². The van der Waals surface area contributed by atoms with E-state index in [1.165, 1.54) is 6.07 Å². The van der Waals surface area contributed by atoms with Crippen LogP contribution in [0.25, 0.3) is 0 Å². The number of amides is 2. The number of piperidine rings is 1. The van der Waals surface area contributed by atoms with Crippen molar-refractivity contribution in [1.82, 2.24) is 14.7 Å². The molecule has 2 heterocycles. The fourth-order valence-corrected chi connectivity index (χ4v) is 4.51. The number of piperazine rings is 1. The monoisotopic (exact) mass is 431 g/mol. The first kappa shape index (κ1) is 23.0. The molecule has 2 aliphatic heterocycles. The van der Waals surface area contributed by atoms with E-state index in [9.17, 15) is 19.7 Å². The highest BCUT2D eigenvalue weighted by Gasteiger charge is 2.32. The van der Waals surface area contributed by atoms with Crippen molar-refractivity contribution < 1.29 is 14.5 Å². The summed E-state index contributed by atoms with van der Waals surface area (Å²) in [6.45, 7) is 9.83. The van der Waals surface area contributed by atoms with E-state index in [1.54, 1.807) is 12.1 Å². The van der Waals surface area contributed by atoms with Gasteiger partial charge < -0.3 is 14.7 Å². The molecule has 1 aromatic rings. The first-order chi connectivity index (χ1) is 14.9. The summed E-state index contributed by atoms with van der Waals surface area (Å²) in [6.07, 6.45) is 1.40. The molecule has 0 radical (unpaired) electrons. The number of nitrogens with zero attached hydrogens (tertiary/aromatic N) is 5. The Morgan fingerprint density at radius 3 is 2.23 bits per heavy atom. The molecule has 9 heteroatoms. The topological polar surface area (TPSA) is 90.2 Å². The van der Waals surface area contributed by atoms with Gasteiger partial charge in [0.05, 0.1) is 11.5 Å². The molecule has 0 atom stereocenters. The van der Waals surface area contributed by atoms with Gasteiger partial charge in [-0.05, 0) is 32.8 Å². The lowest BCUT2D eigenvalue weighted by Crippen LogP contribution is -2.53. The predicted octanol–water partition coefficient (Wildman–Crippen LogP) is 1.82. The number of hydrogen-bond donors (Lipinski definition) is 0. The standard InChI is InChI=1S/C22H33N5O4/c1-3-24(4-2)21(28)17-23-13-15-26(16-14-23)22(29)18-9-11-25(12-10-18)19-7-5-6-8-20(19)27(30)31/h5-8,18H,3-4,9-17H2,1-2H3. The number of rotatable bonds is 7. The van der Waals surface area contributed by atoms with Crippen molar-refractivity contribution >= 4 is 23.2 Å². The molecule has 0 saturated carbocycles. The molecule has 31 heavy (non-hydrogen) atoms. The van der Waals surface area contributed by atoms with Crippen molar-refractivity contribution in [2.24, 2.45) is 5.92 Å². The van der Waals surface area contributed by atoms with Gasteiger partial charge in [-0.25, -0.2) is 0 Å². The minimum atomic E-state index is -0.350. The van der Waals surface area contributed by atoms with Crippen molar-refractivity contribution in [2.45, 2.75) is 26.7 Å². The summed E-state index contributed by atoms with van der Waals surface area (Å²) in [7, 11) is 0. The highest BCUT2D eigenvalue weighted by Crippen LogP contribution is 2.31. The summed E-state index contributed by atoms with van der Waals surface area (Å²) < 4.78 is 0. The summed E-state index contributed by atoms with van der Waals surface area (Å²) in [5.74, 6) is 0.284. The van der Waals surface area contributed by atoms with E-state index >= 15 is 0 Å². The second-order valence-electron chi connectivity index (χ2n) is 8.17. The van der Waals surface area contributed by atoms with Crippen LogP contribution in [0.3, 0.4) is 0 Å². The Hall–Kier alpha value is -2.68. The fraction of sp³-hybridized carbons (Fsp3) is 0.636. The molecule has 0 aromatic heterocycles. The van der Waals surface area contributed by atoms with Gasteiger partial charge in [-0.15, -0.1) is 0 Å². The minimum Gasteiger partial charge on any atom is -0.366 e. The molecule has 0 N–H and O–H groups in total. The molecule has 3 rings (SSSR count). The van der Waals surface area contributed by atoms with Crippen molar-refractivity contribution in [2.75, 3.05) is 63.8 Å². The maximum Gasteiger partial charge on any atom is 0.292 e. The number of benzene rings is 1. The number of nitro benzene ring substituents is 1. The number of carbonyl (C=O) groups is 2. The lowest BCUT2D eigenvalue weighted by atomic mass is 9.94. The Bertz CT molecular complexity index is 782. The first-order valence-corrected chi connectivity index (χ1v) is 11.2. The lowest BCUT2D eigenvalue weighted by molar-refractivity contribution is -0.384. The van der Waals surface area contributed by atoms with E-state index in [4.69, 9.17) is 0 Å². The molecule has 1 aromatic carbocycles. The molecular weight excluding hydrogens is 398 g/mol. The van der Waals surface area contributed by atoms with Gasteiger partial charge in [-0.2, -0.15) is 0 Å². The van der Waals surface area contributed by atoms with Crippen LogP contribution in [0, 0.1) is 16.0 Å². The number of para-hydroxylation sites is 2. The van der Waals surface area contributed by atoms with E-state index in [-0.39, 0.29) is 28.3 Å². The molecule has 2 saturated heterocycles. The van der Waals surface area contributed by atoms with E-state index < -0.39 is 0 Å². The third kappa shape index (κ3) is 5.52. The second kappa shape index (κ2) is 10.6. The van der Waals surface area contributed by atoms with Gasteiger partial charge >= 0.3 is 0 Å². The maximum atomic E-state index is 13.0. The lowest BCUT2D eigenvalue weighted by Gasteiger charge is -2.39. The smallest absolute Gasteiger partial charge is 0.292 e. The SMILES string of the molecule is CCN(CC)C(=O)CN1CCN(C(=O)C2CCN(c3ccccc3[N+](=O)[O-])CC2)CC1. The van der Waals surface area contributed by atoms with Crippen molar-refractivity contribution in [1.29, 1.82) is 0 Å². The molecule has 0 spiro atoms. The van der Waals surface area contributed by atoms with Crippen molar-refractivity contribution in [3.63, 3.8) is 0 Å². The first-order valence-electron chi connectivity index (χ1n) is 11.2. The van der Waals surface area contributed by atoms with Crippen LogP contribution in [-0.2, 0) is 9.59 Å². The van der Waals surface area contributed by atoms with Crippen LogP contribution in [0.1, 0.15) is 26.7 Å². The minimum absolute atomic E-state index is 0.0390. The molecule has 0 aliphatic carbocycles. The van der Waals surface area contributed by atoms with E-state index in [0.717, 1.165) is 13.1 Å². The summed E-state index contributed by atoms with van der Waals surface area (Å²) in [4.78, 5) is 44.2. The molecule has 170 valence electrons. The van der Waals surface area contributed by atoms with Gasteiger partial charge in [-0.1, -0.05) is 12.1 Å². The highest BCUT2D eigenvalue weighted by atomic mass is 16.6. The predicted molar refractivity (Wildman–Crippen MR) is 119 cm³/mol. The second-order valence-corrected chi connectivity index (χ2v) is 8.17. The number of likely N-dealkylation sites (N-methyl/N-ethyl adjacent to an activating group) is 1. The maximum absolute atomic E-state index is 13.0. The third-order valence-corrected chi connectivity index (χ3v) is 6.42. The van der Waals surface area contributed by atoms with Crippen LogP contribution in [0.5, 0.6) is 0 Å². The van der Waals surface area contributed by atoms with Gasteiger partial charge in [-0.3, -0.25) is 24.6 Å². The molecule has 0 bridgehead atoms. The van der Waals surface area contributed by atoms with E-state index in [1.807, 2.05) is 34.6 Å². The number of hydrogen-bond acceptors (Lipinski definition) is 6. The summed E-state index contributed by atoms with van der Waals surface area (Å²) in [6, 6.07) is 6.78. The van der Waals surface area contributed by atoms with Gasteiger partial charge in [0.15, 0.2) is 0 Å². The summed E-state index contributed by atoms with van der Waals surface area (Å²) >= 11 is 0. The van der Waals surface area contributed by atoms with Crippen LogP contribution < -0.4 is 4.90 Å².